The van der Waals surface area contributed by atoms with E-state index in [1.54, 1.807) is 7.11 Å². The van der Waals surface area contributed by atoms with Crippen LogP contribution in [0.25, 0.3) is 0 Å². The minimum Gasteiger partial charge on any atom is -0.496 e. The quantitative estimate of drug-likeness (QED) is 0.860. The number of benzene rings is 1. The van der Waals surface area contributed by atoms with Crippen molar-refractivity contribution >= 4 is 0 Å². The van der Waals surface area contributed by atoms with Gasteiger partial charge < -0.3 is 16.2 Å². The Labute approximate surface area is 110 Å². The van der Waals surface area contributed by atoms with Crippen molar-refractivity contribution in [2.45, 2.75) is 39.7 Å². The Bertz CT molecular complexity index is 464. The van der Waals surface area contributed by atoms with E-state index in [9.17, 15) is 0 Å². The number of aryl methyl sites for hydroxylation is 1. The Morgan fingerprint density at radius 2 is 1.89 bits per heavy atom. The van der Waals surface area contributed by atoms with Crippen LogP contribution in [-0.2, 0) is 0 Å². The third kappa shape index (κ3) is 1.91. The van der Waals surface area contributed by atoms with E-state index in [1.807, 2.05) is 0 Å². The summed E-state index contributed by atoms with van der Waals surface area (Å²) in [6.45, 7) is 7.01. The van der Waals surface area contributed by atoms with E-state index in [-0.39, 0.29) is 11.5 Å². The lowest BCUT2D eigenvalue weighted by atomic mass is 9.84. The highest BCUT2D eigenvalue weighted by atomic mass is 16.5. The SMILES string of the molecule is COc1cc(C)c(C(N)C2(CN)CC2)c(C)c1C. The van der Waals surface area contributed by atoms with Gasteiger partial charge in [0, 0.05) is 11.5 Å². The molecule has 2 rings (SSSR count). The number of ether oxygens (including phenoxy) is 1. The van der Waals surface area contributed by atoms with Gasteiger partial charge in [-0.15, -0.1) is 0 Å². The molecule has 3 heteroatoms. The fourth-order valence-electron chi connectivity index (χ4n) is 2.86. The molecule has 0 heterocycles. The second-order valence-electron chi connectivity index (χ2n) is 5.60. The minimum atomic E-state index is 0.0482. The van der Waals surface area contributed by atoms with Crippen molar-refractivity contribution in [2.24, 2.45) is 16.9 Å². The molecule has 0 radical (unpaired) electrons. The normalized spacial score (nSPS) is 18.6. The summed E-state index contributed by atoms with van der Waals surface area (Å²) in [6, 6.07) is 2.14. The molecule has 18 heavy (non-hydrogen) atoms. The van der Waals surface area contributed by atoms with Crippen LogP contribution in [0.1, 0.15) is 41.1 Å². The summed E-state index contributed by atoms with van der Waals surface area (Å²) in [5, 5.41) is 0. The van der Waals surface area contributed by atoms with Gasteiger partial charge in [0.25, 0.3) is 0 Å². The summed E-state index contributed by atoms with van der Waals surface area (Å²) >= 11 is 0. The maximum absolute atomic E-state index is 6.49. The first-order valence-corrected chi connectivity index (χ1v) is 6.57. The zero-order chi connectivity index (χ0) is 13.5. The zero-order valence-electron chi connectivity index (χ0n) is 11.8. The average Bonchev–Trinajstić information content (AvgIpc) is 3.14. The van der Waals surface area contributed by atoms with Crippen molar-refractivity contribution in [1.82, 2.24) is 0 Å². The molecule has 0 amide bonds. The predicted octanol–water partition coefficient (Wildman–Crippen LogP) is 2.36. The molecule has 1 fully saturated rings. The van der Waals surface area contributed by atoms with Crippen molar-refractivity contribution in [3.63, 3.8) is 0 Å². The first-order chi connectivity index (χ1) is 8.46. The summed E-state index contributed by atoms with van der Waals surface area (Å²) in [6.07, 6.45) is 2.29. The smallest absolute Gasteiger partial charge is 0.122 e. The molecule has 0 bridgehead atoms. The molecule has 0 aliphatic heterocycles. The number of hydrogen-bond donors (Lipinski definition) is 2. The van der Waals surface area contributed by atoms with E-state index >= 15 is 0 Å². The lowest BCUT2D eigenvalue weighted by Crippen LogP contribution is -2.31. The molecule has 3 nitrogen and oxygen atoms in total. The number of rotatable bonds is 4. The maximum Gasteiger partial charge on any atom is 0.122 e. The summed E-state index contributed by atoms with van der Waals surface area (Å²) in [7, 11) is 1.71. The van der Waals surface area contributed by atoms with Crippen LogP contribution in [0.15, 0.2) is 6.07 Å². The van der Waals surface area contributed by atoms with Gasteiger partial charge in [-0.2, -0.15) is 0 Å². The molecule has 1 saturated carbocycles. The van der Waals surface area contributed by atoms with Gasteiger partial charge in [0.05, 0.1) is 7.11 Å². The molecule has 1 aromatic carbocycles. The maximum atomic E-state index is 6.49. The molecule has 0 spiro atoms. The fraction of sp³-hybridized carbons (Fsp3) is 0.600. The largest absolute Gasteiger partial charge is 0.496 e. The van der Waals surface area contributed by atoms with Gasteiger partial charge in [0.15, 0.2) is 0 Å². The topological polar surface area (TPSA) is 61.3 Å². The minimum absolute atomic E-state index is 0.0482. The lowest BCUT2D eigenvalue weighted by molar-refractivity contribution is 0.403. The van der Waals surface area contributed by atoms with Gasteiger partial charge in [0.2, 0.25) is 0 Å². The number of hydrogen-bond acceptors (Lipinski definition) is 3. The molecular weight excluding hydrogens is 224 g/mol. The summed E-state index contributed by atoms with van der Waals surface area (Å²) in [5.41, 5.74) is 17.4. The second-order valence-corrected chi connectivity index (χ2v) is 5.60. The van der Waals surface area contributed by atoms with E-state index in [2.05, 4.69) is 26.8 Å². The fourth-order valence-corrected chi connectivity index (χ4v) is 2.86. The number of methoxy groups -OCH3 is 1. The van der Waals surface area contributed by atoms with Crippen molar-refractivity contribution < 1.29 is 4.74 Å². The Morgan fingerprint density at radius 1 is 1.28 bits per heavy atom. The van der Waals surface area contributed by atoms with Crippen molar-refractivity contribution in [3.05, 3.63) is 28.3 Å². The monoisotopic (exact) mass is 248 g/mol. The molecule has 100 valence electrons. The van der Waals surface area contributed by atoms with Crippen molar-refractivity contribution in [2.75, 3.05) is 13.7 Å². The highest BCUT2D eigenvalue weighted by Gasteiger charge is 2.48. The van der Waals surface area contributed by atoms with Crippen LogP contribution in [-0.4, -0.2) is 13.7 Å². The molecule has 1 aromatic rings. The third-order valence-corrected chi connectivity index (χ3v) is 4.60. The predicted molar refractivity (Wildman–Crippen MR) is 74.9 cm³/mol. The lowest BCUT2D eigenvalue weighted by Gasteiger charge is -2.27. The Kier molecular flexibility index (Phi) is 3.39. The molecule has 0 saturated heterocycles. The highest BCUT2D eigenvalue weighted by molar-refractivity contribution is 5.50. The first-order valence-electron chi connectivity index (χ1n) is 6.57. The van der Waals surface area contributed by atoms with Crippen LogP contribution < -0.4 is 16.2 Å². The van der Waals surface area contributed by atoms with Gasteiger partial charge in [-0.05, 0) is 68.5 Å². The average molecular weight is 248 g/mol. The molecule has 1 aliphatic carbocycles. The Hall–Kier alpha value is -1.06. The van der Waals surface area contributed by atoms with Crippen LogP contribution in [0.2, 0.25) is 0 Å². The zero-order valence-corrected chi connectivity index (χ0v) is 11.8. The van der Waals surface area contributed by atoms with Crippen molar-refractivity contribution in [3.8, 4) is 5.75 Å². The first kappa shape index (κ1) is 13.4. The molecule has 1 aliphatic rings. The third-order valence-electron chi connectivity index (χ3n) is 4.60. The van der Waals surface area contributed by atoms with E-state index < -0.39 is 0 Å². The molecule has 0 aromatic heterocycles. The van der Waals surface area contributed by atoms with Gasteiger partial charge in [0.1, 0.15) is 5.75 Å². The van der Waals surface area contributed by atoms with E-state index in [1.165, 1.54) is 22.3 Å². The standard InChI is InChI=1S/C15H24N2O/c1-9-7-12(18-4)10(2)11(3)13(9)14(17)15(8-16)5-6-15/h7,14H,5-6,8,16-17H2,1-4H3. The Morgan fingerprint density at radius 3 is 2.33 bits per heavy atom. The molecule has 4 N–H and O–H groups in total. The van der Waals surface area contributed by atoms with Crippen LogP contribution >= 0.6 is 0 Å². The molecular formula is C15H24N2O. The summed E-state index contributed by atoms with van der Waals surface area (Å²) in [4.78, 5) is 0. The molecule has 1 atom stereocenters. The van der Waals surface area contributed by atoms with Gasteiger partial charge >= 0.3 is 0 Å². The van der Waals surface area contributed by atoms with Gasteiger partial charge in [-0.1, -0.05) is 0 Å². The van der Waals surface area contributed by atoms with Gasteiger partial charge in [-0.25, -0.2) is 0 Å². The van der Waals surface area contributed by atoms with Crippen LogP contribution in [0.5, 0.6) is 5.75 Å². The van der Waals surface area contributed by atoms with Crippen LogP contribution in [0.4, 0.5) is 0 Å². The van der Waals surface area contributed by atoms with E-state index in [0.29, 0.717) is 6.54 Å². The highest BCUT2D eigenvalue weighted by Crippen LogP contribution is 2.54. The summed E-state index contributed by atoms with van der Waals surface area (Å²) in [5.74, 6) is 0.943. The van der Waals surface area contributed by atoms with Crippen LogP contribution in [0.3, 0.4) is 0 Å². The molecule has 1 unspecified atom stereocenters. The van der Waals surface area contributed by atoms with Crippen LogP contribution in [0, 0.1) is 26.2 Å². The van der Waals surface area contributed by atoms with E-state index in [0.717, 1.165) is 18.6 Å². The Balaban J connectivity index is 2.48. The second kappa shape index (κ2) is 4.56. The van der Waals surface area contributed by atoms with E-state index in [4.69, 9.17) is 16.2 Å². The summed E-state index contributed by atoms with van der Waals surface area (Å²) < 4.78 is 5.40. The number of nitrogens with two attached hydrogens (primary N) is 2. The van der Waals surface area contributed by atoms with Gasteiger partial charge in [-0.3, -0.25) is 0 Å². The van der Waals surface area contributed by atoms with Crippen molar-refractivity contribution in [1.29, 1.82) is 0 Å².